The van der Waals surface area contributed by atoms with E-state index in [1.165, 1.54) is 0 Å². The normalized spacial score (nSPS) is 23.3. The summed E-state index contributed by atoms with van der Waals surface area (Å²) >= 11 is 13.6. The van der Waals surface area contributed by atoms with Gasteiger partial charge in [-0.05, 0) is 35.4 Å². The third-order valence-corrected chi connectivity index (χ3v) is 8.04. The van der Waals surface area contributed by atoms with E-state index in [0.717, 1.165) is 22.0 Å². The van der Waals surface area contributed by atoms with Gasteiger partial charge in [-0.25, -0.2) is 8.42 Å². The Kier molecular flexibility index (Phi) is 5.43. The molecule has 0 radical (unpaired) electrons. The van der Waals surface area contributed by atoms with Crippen LogP contribution in [0.25, 0.3) is 0 Å². The Labute approximate surface area is 173 Å². The molecule has 4 nitrogen and oxygen atoms in total. The summed E-state index contributed by atoms with van der Waals surface area (Å²) < 4.78 is 24.1. The molecule has 0 unspecified atom stereocenters. The number of benzene rings is 2. The smallest absolute Gasteiger partial charge is 0.160 e. The molecule has 0 N–H and O–H groups in total. The molecule has 0 amide bonds. The summed E-state index contributed by atoms with van der Waals surface area (Å²) in [7, 11) is -3.03. The van der Waals surface area contributed by atoms with Gasteiger partial charge in [-0.3, -0.25) is 4.99 Å². The standard InChI is InChI=1S/C19H18Cl2N2O2S2/c20-15-5-1-13(2-6-15)9-23-18-12-27(24,25)11-17(18)22-19(23)26-10-14-3-7-16(21)8-4-14/h1-8,17-18H,9-12H2/t17-,18+/m0/s1. The summed E-state index contributed by atoms with van der Waals surface area (Å²) in [6.45, 7) is 0.625. The molecule has 142 valence electrons. The highest BCUT2D eigenvalue weighted by atomic mass is 35.5. The Bertz CT molecular complexity index is 960. The molecule has 1 fully saturated rings. The van der Waals surface area contributed by atoms with Gasteiger partial charge in [-0.1, -0.05) is 59.2 Å². The molecule has 0 spiro atoms. The first kappa shape index (κ1) is 19.1. The molecule has 2 aliphatic rings. The monoisotopic (exact) mass is 440 g/mol. The van der Waals surface area contributed by atoms with E-state index in [1.54, 1.807) is 11.8 Å². The number of amidine groups is 1. The maximum atomic E-state index is 12.1. The highest BCUT2D eigenvalue weighted by Crippen LogP contribution is 2.33. The van der Waals surface area contributed by atoms with Crippen molar-refractivity contribution in [2.24, 2.45) is 4.99 Å². The lowest BCUT2D eigenvalue weighted by Gasteiger charge is -2.26. The maximum absolute atomic E-state index is 12.1. The van der Waals surface area contributed by atoms with Crippen LogP contribution in [0.15, 0.2) is 53.5 Å². The number of halogens is 2. The summed E-state index contributed by atoms with van der Waals surface area (Å²) in [5, 5.41) is 2.31. The quantitative estimate of drug-likeness (QED) is 0.712. The minimum Gasteiger partial charge on any atom is -0.341 e. The fourth-order valence-electron chi connectivity index (χ4n) is 3.41. The molecule has 4 rings (SSSR count). The number of hydrogen-bond donors (Lipinski definition) is 0. The van der Waals surface area contributed by atoms with E-state index < -0.39 is 9.84 Å². The minimum absolute atomic E-state index is 0.0848. The first-order chi connectivity index (χ1) is 12.9. The lowest BCUT2D eigenvalue weighted by Crippen LogP contribution is -2.38. The van der Waals surface area contributed by atoms with Gasteiger partial charge in [0.2, 0.25) is 0 Å². The molecule has 0 aromatic heterocycles. The van der Waals surface area contributed by atoms with E-state index in [1.807, 2.05) is 48.5 Å². The summed E-state index contributed by atoms with van der Waals surface area (Å²) in [5.41, 5.74) is 2.24. The molecular weight excluding hydrogens is 423 g/mol. The molecule has 1 saturated heterocycles. The number of sulfone groups is 1. The highest BCUT2D eigenvalue weighted by Gasteiger charge is 2.46. The van der Waals surface area contributed by atoms with Gasteiger partial charge >= 0.3 is 0 Å². The van der Waals surface area contributed by atoms with E-state index in [4.69, 9.17) is 28.2 Å². The van der Waals surface area contributed by atoms with E-state index in [0.29, 0.717) is 16.6 Å². The predicted molar refractivity (Wildman–Crippen MR) is 113 cm³/mol. The van der Waals surface area contributed by atoms with Crippen LogP contribution < -0.4 is 0 Å². The molecule has 2 aliphatic heterocycles. The summed E-state index contributed by atoms with van der Waals surface area (Å²) in [6, 6.07) is 15.1. The highest BCUT2D eigenvalue weighted by molar-refractivity contribution is 8.13. The number of rotatable bonds is 4. The first-order valence-electron chi connectivity index (χ1n) is 8.56. The summed E-state index contributed by atoms with van der Waals surface area (Å²) in [5.74, 6) is 1.07. The minimum atomic E-state index is -3.03. The molecule has 0 aliphatic carbocycles. The molecule has 2 heterocycles. The van der Waals surface area contributed by atoms with Crippen LogP contribution in [0.4, 0.5) is 0 Å². The van der Waals surface area contributed by atoms with Crippen molar-refractivity contribution in [3.63, 3.8) is 0 Å². The van der Waals surface area contributed by atoms with Gasteiger partial charge in [-0.2, -0.15) is 0 Å². The summed E-state index contributed by atoms with van der Waals surface area (Å²) in [4.78, 5) is 6.89. The van der Waals surface area contributed by atoms with E-state index in [9.17, 15) is 8.42 Å². The Morgan fingerprint density at radius 3 is 2.19 bits per heavy atom. The number of aliphatic imine (C=N–C) groups is 1. The first-order valence-corrected chi connectivity index (χ1v) is 12.1. The fraction of sp³-hybridized carbons (Fsp3) is 0.316. The van der Waals surface area contributed by atoms with Gasteiger partial charge in [0.1, 0.15) is 0 Å². The van der Waals surface area contributed by atoms with Gasteiger partial charge in [0, 0.05) is 22.3 Å². The zero-order chi connectivity index (χ0) is 19.0. The van der Waals surface area contributed by atoms with Crippen molar-refractivity contribution >= 4 is 50.0 Å². The van der Waals surface area contributed by atoms with Gasteiger partial charge in [-0.15, -0.1) is 0 Å². The van der Waals surface area contributed by atoms with Crippen molar-refractivity contribution in [1.82, 2.24) is 4.90 Å². The average Bonchev–Trinajstić information content (AvgIpc) is 3.09. The van der Waals surface area contributed by atoms with Gasteiger partial charge in [0.15, 0.2) is 15.0 Å². The van der Waals surface area contributed by atoms with E-state index >= 15 is 0 Å². The van der Waals surface area contributed by atoms with Crippen molar-refractivity contribution in [3.8, 4) is 0 Å². The van der Waals surface area contributed by atoms with Crippen LogP contribution in [0.1, 0.15) is 11.1 Å². The second-order valence-electron chi connectivity index (χ2n) is 6.79. The Morgan fingerprint density at radius 2 is 1.56 bits per heavy atom. The van der Waals surface area contributed by atoms with Crippen molar-refractivity contribution < 1.29 is 8.42 Å². The van der Waals surface area contributed by atoms with Crippen LogP contribution in [0, 0.1) is 0 Å². The second kappa shape index (κ2) is 7.66. The molecule has 27 heavy (non-hydrogen) atoms. The third-order valence-electron chi connectivity index (χ3n) is 4.76. The molecule has 2 atom stereocenters. The number of nitrogens with zero attached hydrogens (tertiary/aromatic N) is 2. The average molecular weight is 441 g/mol. The molecule has 2 aromatic rings. The second-order valence-corrected chi connectivity index (χ2v) is 10.8. The topological polar surface area (TPSA) is 49.7 Å². The fourth-order valence-corrected chi connectivity index (χ4v) is 6.60. The van der Waals surface area contributed by atoms with Crippen molar-refractivity contribution in [2.75, 3.05) is 11.5 Å². The third kappa shape index (κ3) is 4.45. The molecular formula is C19H18Cl2N2O2S2. The predicted octanol–water partition coefficient (Wildman–Crippen LogP) is 4.26. The van der Waals surface area contributed by atoms with Crippen LogP contribution in [-0.4, -0.2) is 42.1 Å². The van der Waals surface area contributed by atoms with Crippen LogP contribution >= 0.6 is 35.0 Å². The number of fused-ring (bicyclic) bond motifs is 1. The number of thioether (sulfide) groups is 1. The lowest BCUT2D eigenvalue weighted by atomic mass is 10.1. The van der Waals surface area contributed by atoms with E-state index in [-0.39, 0.29) is 23.6 Å². The zero-order valence-corrected chi connectivity index (χ0v) is 17.5. The largest absolute Gasteiger partial charge is 0.341 e. The maximum Gasteiger partial charge on any atom is 0.160 e. The van der Waals surface area contributed by atoms with Crippen molar-refractivity contribution in [1.29, 1.82) is 0 Å². The van der Waals surface area contributed by atoms with Gasteiger partial charge < -0.3 is 4.90 Å². The lowest BCUT2D eigenvalue weighted by molar-refractivity contribution is 0.343. The Morgan fingerprint density at radius 1 is 0.963 bits per heavy atom. The molecule has 8 heteroatoms. The van der Waals surface area contributed by atoms with Gasteiger partial charge in [0.05, 0.1) is 23.6 Å². The molecule has 0 saturated carbocycles. The van der Waals surface area contributed by atoms with Crippen molar-refractivity contribution in [3.05, 3.63) is 69.7 Å². The van der Waals surface area contributed by atoms with Crippen LogP contribution in [0.3, 0.4) is 0 Å². The van der Waals surface area contributed by atoms with E-state index in [2.05, 4.69) is 4.90 Å². The van der Waals surface area contributed by atoms with Crippen LogP contribution in [0.2, 0.25) is 10.0 Å². The number of hydrogen-bond acceptors (Lipinski definition) is 5. The van der Waals surface area contributed by atoms with Crippen molar-refractivity contribution in [2.45, 2.75) is 24.4 Å². The molecule has 0 bridgehead atoms. The molecule has 2 aromatic carbocycles. The van der Waals surface area contributed by atoms with Gasteiger partial charge in [0.25, 0.3) is 0 Å². The Balaban J connectivity index is 1.53. The van der Waals surface area contributed by atoms with Crippen LogP contribution in [-0.2, 0) is 22.1 Å². The SMILES string of the molecule is O=S1(=O)C[C@@H]2N=C(SCc3ccc(Cl)cc3)N(Cc3ccc(Cl)cc3)[C@@H]2C1. The van der Waals surface area contributed by atoms with Crippen LogP contribution in [0.5, 0.6) is 0 Å². The summed E-state index contributed by atoms with van der Waals surface area (Å²) in [6.07, 6.45) is 0. The zero-order valence-electron chi connectivity index (χ0n) is 14.4. The Hall–Kier alpha value is -1.21.